The maximum atomic E-state index is 15.8. The molecule has 88 heavy (non-hydrogen) atoms. The Morgan fingerprint density at radius 3 is 1.44 bits per heavy atom. The van der Waals surface area contributed by atoms with Gasteiger partial charge in [-0.3, -0.25) is 24.0 Å². The molecule has 0 spiro atoms. The lowest BCUT2D eigenvalue weighted by Gasteiger charge is -2.38. The number of ether oxygens (including phenoxy) is 1. The fourth-order valence-electron chi connectivity index (χ4n) is 12.0. The van der Waals surface area contributed by atoms with Crippen LogP contribution in [0.15, 0.2) is 231 Å². The smallest absolute Gasteiger partial charge is 0.407 e. The van der Waals surface area contributed by atoms with Gasteiger partial charge in [0, 0.05) is 24.0 Å². The summed E-state index contributed by atoms with van der Waals surface area (Å²) in [5.74, 6) is -5.66. The number of likely N-dealkylation sites (tertiary alicyclic amines) is 1. The third kappa shape index (κ3) is 13.4. The predicted molar refractivity (Wildman–Crippen MR) is 343 cm³/mol. The highest BCUT2D eigenvalue weighted by molar-refractivity contribution is 8.00. The number of hydrogen-bond donors (Lipinski definition) is 7. The molecule has 8 aromatic carbocycles. The molecule has 0 radical (unpaired) electrons. The lowest BCUT2D eigenvalue weighted by molar-refractivity contribution is -0.143. The highest BCUT2D eigenvalue weighted by Crippen LogP contribution is 2.49. The Morgan fingerprint density at radius 2 is 0.989 bits per heavy atom. The van der Waals surface area contributed by atoms with Crippen LogP contribution >= 0.6 is 24.4 Å². The fraction of sp³-hybridized carbons (Fsp3) is 0.225. The summed E-state index contributed by atoms with van der Waals surface area (Å²) >= 11 is 5.44. The van der Waals surface area contributed by atoms with Crippen molar-refractivity contribution in [2.45, 2.75) is 72.6 Å². The Hall–Kier alpha value is -9.45. The summed E-state index contributed by atoms with van der Waals surface area (Å²) in [6.45, 7) is 1.37. The SMILES string of the molecule is C[C@H](NC(=O)[C@@H]1CCCN1C(=O)[C@H](CC(=O)NC(c1ccccc1)(c1ccccc1)c1ccccc1)NC(=O)[C@H](CSC(c1ccccc1)(c1ccccc1)c1ccccc1)NC(=O)OCC1c2ccccc2-c2ccccc21)C(=O)N[C@@H](CS)C(=O)O. The number of benzene rings is 8. The first-order chi connectivity index (χ1) is 42.8. The average Bonchev–Trinajstić information content (AvgIpc) is 0.996. The number of nitrogens with zero attached hydrogens (tertiary/aromatic N) is 1. The Morgan fingerprint density at radius 1 is 0.557 bits per heavy atom. The van der Waals surface area contributed by atoms with Crippen LogP contribution in [0.3, 0.4) is 0 Å². The summed E-state index contributed by atoms with van der Waals surface area (Å²) in [5, 5.41) is 23.8. The molecule has 448 valence electrons. The van der Waals surface area contributed by atoms with E-state index in [2.05, 4.69) is 39.2 Å². The number of carbonyl (C=O) groups excluding carboxylic acids is 6. The van der Waals surface area contributed by atoms with Crippen molar-refractivity contribution in [3.8, 4) is 11.1 Å². The molecule has 8 aromatic rings. The van der Waals surface area contributed by atoms with E-state index in [-0.39, 0.29) is 37.0 Å². The van der Waals surface area contributed by atoms with Gasteiger partial charge in [0.15, 0.2) is 0 Å². The monoisotopic (exact) mass is 1210 g/mol. The molecule has 15 nitrogen and oxygen atoms in total. The van der Waals surface area contributed by atoms with E-state index < -0.39 is 88.5 Å². The quantitative estimate of drug-likeness (QED) is 0.0225. The van der Waals surface area contributed by atoms with E-state index in [4.69, 9.17) is 4.74 Å². The van der Waals surface area contributed by atoms with Gasteiger partial charge in [-0.2, -0.15) is 12.6 Å². The van der Waals surface area contributed by atoms with Crippen LogP contribution in [0.2, 0.25) is 0 Å². The van der Waals surface area contributed by atoms with E-state index in [0.29, 0.717) is 23.1 Å². The maximum absolute atomic E-state index is 15.8. The van der Waals surface area contributed by atoms with Gasteiger partial charge in [-0.1, -0.05) is 231 Å². The molecule has 6 N–H and O–H groups in total. The minimum absolute atomic E-state index is 0.0409. The molecule has 0 aromatic heterocycles. The molecular weight excluding hydrogens is 1140 g/mol. The summed E-state index contributed by atoms with van der Waals surface area (Å²) in [7, 11) is 0. The van der Waals surface area contributed by atoms with E-state index in [1.54, 1.807) is 0 Å². The minimum Gasteiger partial charge on any atom is -0.480 e. The van der Waals surface area contributed by atoms with Crippen molar-refractivity contribution in [3.05, 3.63) is 275 Å². The van der Waals surface area contributed by atoms with Crippen molar-refractivity contribution in [1.29, 1.82) is 0 Å². The number of fused-ring (bicyclic) bond motifs is 3. The Labute approximate surface area is 521 Å². The molecule has 1 heterocycles. The fourth-order valence-corrected chi connectivity index (χ4v) is 13.8. The Balaban J connectivity index is 1.02. The van der Waals surface area contributed by atoms with Crippen LogP contribution in [0.25, 0.3) is 11.1 Å². The Bertz CT molecular complexity index is 3500. The molecule has 1 saturated heterocycles. The predicted octanol–water partition coefficient (Wildman–Crippen LogP) is 9.60. The van der Waals surface area contributed by atoms with Crippen LogP contribution in [-0.4, -0.2) is 106 Å². The van der Waals surface area contributed by atoms with Gasteiger partial charge in [-0.15, -0.1) is 11.8 Å². The second-order valence-electron chi connectivity index (χ2n) is 21.8. The molecule has 6 amide bonds. The molecule has 0 saturated carbocycles. The number of alkyl carbamates (subject to hydrolysis) is 1. The second-order valence-corrected chi connectivity index (χ2v) is 23.4. The zero-order valence-electron chi connectivity index (χ0n) is 48.4. The van der Waals surface area contributed by atoms with E-state index >= 15 is 14.4 Å². The van der Waals surface area contributed by atoms with Crippen LogP contribution in [0, 0.1) is 0 Å². The second kappa shape index (κ2) is 28.4. The van der Waals surface area contributed by atoms with Gasteiger partial charge < -0.3 is 41.3 Å². The van der Waals surface area contributed by atoms with Crippen molar-refractivity contribution < 1.29 is 43.4 Å². The molecular formula is C71H68N6O9S2. The van der Waals surface area contributed by atoms with Gasteiger partial charge in [0.1, 0.15) is 42.4 Å². The van der Waals surface area contributed by atoms with Crippen LogP contribution in [-0.2, 0) is 43.8 Å². The standard InChI is InChI=1S/C71H68N6O9S2/c1-47(64(79)74-60(45-87)68(83)84)72-66(81)62-41-24-42-77(62)67(82)59(43-63(78)76-70(48-25-8-2-9-26-48,49-27-10-3-11-28-49)50-29-12-4-13-30-50)73-65(80)61(75-69(85)86-44-58-56-39-22-20-37-54(56)55-38-21-23-40-57(55)58)46-88-71(51-31-14-5-15-32-51,52-33-16-6-17-34-52)53-35-18-7-19-36-53/h2-23,25-40,47,58-62,87H,24,41-46H2,1H3,(H,72,81)(H,73,80)(H,74,79)(H,75,85)(H,76,78)(H,83,84)/t47-,59-,60-,61-,62-/m0/s1. The summed E-state index contributed by atoms with van der Waals surface area (Å²) in [4.78, 5) is 102. The number of carbonyl (C=O) groups is 7. The van der Waals surface area contributed by atoms with Crippen LogP contribution in [0.4, 0.5) is 4.79 Å². The van der Waals surface area contributed by atoms with Crippen molar-refractivity contribution in [2.24, 2.45) is 0 Å². The van der Waals surface area contributed by atoms with Crippen molar-refractivity contribution >= 4 is 66.0 Å². The molecule has 0 unspecified atom stereocenters. The van der Waals surface area contributed by atoms with Gasteiger partial charge >= 0.3 is 12.1 Å². The zero-order chi connectivity index (χ0) is 61.6. The number of thioether (sulfide) groups is 1. The third-order valence-corrected chi connectivity index (χ3v) is 18.3. The van der Waals surface area contributed by atoms with E-state index in [9.17, 15) is 24.3 Å². The molecule has 17 heteroatoms. The number of thiol groups is 1. The molecule has 1 aliphatic carbocycles. The number of carboxylic acids is 1. The van der Waals surface area contributed by atoms with E-state index in [1.165, 1.54) is 23.6 Å². The van der Waals surface area contributed by atoms with Gasteiger partial charge in [-0.25, -0.2) is 9.59 Å². The molecule has 0 bridgehead atoms. The summed E-state index contributed by atoms with van der Waals surface area (Å²) in [5.41, 5.74) is 7.47. The third-order valence-electron chi connectivity index (χ3n) is 16.3. The first kappa shape index (κ1) is 61.6. The van der Waals surface area contributed by atoms with Crippen molar-refractivity contribution in [1.82, 2.24) is 31.5 Å². The maximum Gasteiger partial charge on any atom is 0.407 e. The number of amides is 6. The van der Waals surface area contributed by atoms with Crippen LogP contribution in [0.5, 0.6) is 0 Å². The normalized spacial score (nSPS) is 15.0. The lowest BCUT2D eigenvalue weighted by atomic mass is 9.77. The summed E-state index contributed by atoms with van der Waals surface area (Å²) in [6.07, 6.45) is -1.03. The largest absolute Gasteiger partial charge is 0.480 e. The lowest BCUT2D eigenvalue weighted by Crippen LogP contribution is -2.59. The molecule has 1 aliphatic heterocycles. The van der Waals surface area contributed by atoms with Gasteiger partial charge in [0.2, 0.25) is 29.5 Å². The van der Waals surface area contributed by atoms with Gasteiger partial charge in [-0.05, 0) is 75.4 Å². The molecule has 2 aliphatic rings. The molecule has 5 atom stereocenters. The van der Waals surface area contributed by atoms with E-state index in [1.807, 2.05) is 231 Å². The van der Waals surface area contributed by atoms with Crippen molar-refractivity contribution in [3.63, 3.8) is 0 Å². The zero-order valence-corrected chi connectivity index (χ0v) is 50.1. The highest BCUT2D eigenvalue weighted by Gasteiger charge is 2.44. The topological polar surface area (TPSA) is 212 Å². The van der Waals surface area contributed by atoms with E-state index in [0.717, 1.165) is 38.9 Å². The number of hydrogen-bond acceptors (Lipinski definition) is 10. The summed E-state index contributed by atoms with van der Waals surface area (Å²) in [6, 6.07) is 66.8. The number of aliphatic carboxylic acids is 1. The minimum atomic E-state index is -1.66. The van der Waals surface area contributed by atoms with Crippen LogP contribution in [0.1, 0.15) is 76.6 Å². The summed E-state index contributed by atoms with van der Waals surface area (Å²) < 4.78 is 5.14. The van der Waals surface area contributed by atoms with Crippen LogP contribution < -0.4 is 26.6 Å². The first-order valence-electron chi connectivity index (χ1n) is 29.3. The average molecular weight is 1210 g/mol. The van der Waals surface area contributed by atoms with Gasteiger partial charge in [0.05, 0.1) is 11.2 Å². The number of rotatable bonds is 24. The number of nitrogens with one attached hydrogen (secondary N) is 5. The first-order valence-corrected chi connectivity index (χ1v) is 30.9. The molecule has 10 rings (SSSR count). The Kier molecular flexibility index (Phi) is 19.9. The van der Waals surface area contributed by atoms with Gasteiger partial charge in [0.25, 0.3) is 0 Å². The highest BCUT2D eigenvalue weighted by atomic mass is 32.2. The number of carboxylic acid groups (broad SMARTS) is 1. The van der Waals surface area contributed by atoms with Crippen molar-refractivity contribution in [2.75, 3.05) is 24.7 Å². The molecule has 1 fully saturated rings.